The van der Waals surface area contributed by atoms with Gasteiger partial charge in [0, 0.05) is 29.0 Å². The number of halogens is 1. The van der Waals surface area contributed by atoms with Crippen LogP contribution >= 0.6 is 11.6 Å². The third-order valence-electron chi connectivity index (χ3n) is 5.49. The molecule has 0 saturated heterocycles. The summed E-state index contributed by atoms with van der Waals surface area (Å²) in [5, 5.41) is 0.616. The molecule has 1 aromatic carbocycles. The van der Waals surface area contributed by atoms with E-state index in [-0.39, 0.29) is 29.3 Å². The number of esters is 1. The summed E-state index contributed by atoms with van der Waals surface area (Å²) in [7, 11) is 0. The average Bonchev–Trinajstić information content (AvgIpc) is 3.16. The second kappa shape index (κ2) is 7.93. The van der Waals surface area contributed by atoms with Crippen LogP contribution in [0.5, 0.6) is 0 Å². The van der Waals surface area contributed by atoms with Crippen molar-refractivity contribution >= 4 is 23.4 Å². The normalized spacial score (nSPS) is 20.4. The summed E-state index contributed by atoms with van der Waals surface area (Å²) in [5.74, 6) is -0.0510. The van der Waals surface area contributed by atoms with Crippen molar-refractivity contribution < 1.29 is 23.5 Å². The molecule has 0 fully saturated rings. The Morgan fingerprint density at radius 3 is 2.58 bits per heavy atom. The predicted molar refractivity (Wildman–Crippen MR) is 116 cm³/mol. The zero-order valence-corrected chi connectivity index (χ0v) is 18.4. The minimum absolute atomic E-state index is 0.0582. The molecule has 1 atom stereocenters. The Bertz CT molecular complexity index is 1110. The first kappa shape index (κ1) is 21.2. The number of ketones is 1. The average molecular weight is 442 g/mol. The molecule has 0 saturated carbocycles. The highest BCUT2D eigenvalue weighted by Crippen LogP contribution is 2.49. The third kappa shape index (κ3) is 4.00. The first-order chi connectivity index (χ1) is 14.7. The van der Waals surface area contributed by atoms with E-state index in [2.05, 4.69) is 0 Å². The van der Waals surface area contributed by atoms with Gasteiger partial charge in [0.2, 0.25) is 5.88 Å². The second-order valence-corrected chi connectivity index (χ2v) is 8.96. The van der Waals surface area contributed by atoms with Gasteiger partial charge in [-0.3, -0.25) is 4.79 Å². The highest BCUT2D eigenvalue weighted by molar-refractivity contribution is 6.30. The first-order valence-corrected chi connectivity index (χ1v) is 10.5. The van der Waals surface area contributed by atoms with E-state index >= 15 is 0 Å². The molecule has 1 aromatic heterocycles. The first-order valence-electron chi connectivity index (χ1n) is 10.2. The number of benzene rings is 1. The van der Waals surface area contributed by atoms with Crippen LogP contribution in [-0.4, -0.2) is 18.4 Å². The highest BCUT2D eigenvalue weighted by Gasteiger charge is 2.46. The Morgan fingerprint density at radius 2 is 1.90 bits per heavy atom. The molecule has 6 nitrogen and oxygen atoms in total. The van der Waals surface area contributed by atoms with E-state index in [9.17, 15) is 9.59 Å². The number of ether oxygens (including phenoxy) is 2. The number of carbonyl (C=O) groups excluding carboxylic acids is 2. The Hall–Kier alpha value is -2.99. The number of carbonyl (C=O) groups is 2. The maximum atomic E-state index is 13.2. The molecule has 0 bridgehead atoms. The lowest BCUT2D eigenvalue weighted by Gasteiger charge is -2.37. The van der Waals surface area contributed by atoms with E-state index < -0.39 is 11.9 Å². The minimum atomic E-state index is -0.785. The SMILES string of the molecule is CCOC(=O)C1=C(N)OC2=C(C(=O)CC(C)(C)C2)C1c1ccc(-c2ccc(Cl)cc2)o1. The predicted octanol–water partition coefficient (Wildman–Crippen LogP) is 5.09. The van der Waals surface area contributed by atoms with Crippen LogP contribution in [0.4, 0.5) is 0 Å². The van der Waals surface area contributed by atoms with Gasteiger partial charge in [0.05, 0.1) is 12.5 Å². The Labute approximate surface area is 185 Å². The lowest BCUT2D eigenvalue weighted by Crippen LogP contribution is -2.35. The lowest BCUT2D eigenvalue weighted by atomic mass is 9.71. The summed E-state index contributed by atoms with van der Waals surface area (Å²) in [4.78, 5) is 25.9. The van der Waals surface area contributed by atoms with E-state index in [0.717, 1.165) is 5.56 Å². The molecule has 1 unspecified atom stereocenters. The summed E-state index contributed by atoms with van der Waals surface area (Å²) in [6.45, 7) is 5.87. The molecule has 0 spiro atoms. The van der Waals surface area contributed by atoms with Gasteiger partial charge in [-0.15, -0.1) is 0 Å². The zero-order chi connectivity index (χ0) is 22.3. The molecule has 1 aliphatic heterocycles. The molecule has 162 valence electrons. The van der Waals surface area contributed by atoms with Crippen LogP contribution in [0, 0.1) is 5.41 Å². The van der Waals surface area contributed by atoms with E-state index in [1.54, 1.807) is 31.2 Å². The van der Waals surface area contributed by atoms with Gasteiger partial charge in [-0.05, 0) is 48.7 Å². The second-order valence-electron chi connectivity index (χ2n) is 8.52. The van der Waals surface area contributed by atoms with Crippen LogP contribution in [0.2, 0.25) is 5.02 Å². The van der Waals surface area contributed by atoms with Crippen molar-refractivity contribution in [2.45, 2.75) is 39.5 Å². The van der Waals surface area contributed by atoms with E-state index in [0.29, 0.717) is 40.7 Å². The Balaban J connectivity index is 1.83. The van der Waals surface area contributed by atoms with Gasteiger partial charge in [0.1, 0.15) is 22.9 Å². The number of nitrogens with two attached hydrogens (primary N) is 1. The van der Waals surface area contributed by atoms with Crippen LogP contribution in [-0.2, 0) is 19.1 Å². The van der Waals surface area contributed by atoms with Crippen LogP contribution in [0.15, 0.2) is 63.6 Å². The van der Waals surface area contributed by atoms with Crippen molar-refractivity contribution in [3.05, 3.63) is 70.0 Å². The monoisotopic (exact) mass is 441 g/mol. The number of allylic oxidation sites excluding steroid dienone is 2. The van der Waals surface area contributed by atoms with Crippen molar-refractivity contribution in [1.29, 1.82) is 0 Å². The van der Waals surface area contributed by atoms with E-state index in [4.69, 9.17) is 31.2 Å². The smallest absolute Gasteiger partial charge is 0.340 e. The van der Waals surface area contributed by atoms with Gasteiger partial charge < -0.3 is 19.6 Å². The third-order valence-corrected chi connectivity index (χ3v) is 5.74. The molecule has 2 aromatic rings. The van der Waals surface area contributed by atoms with Gasteiger partial charge in [0.25, 0.3) is 0 Å². The molecule has 31 heavy (non-hydrogen) atoms. The molecule has 0 radical (unpaired) electrons. The lowest BCUT2D eigenvalue weighted by molar-refractivity contribution is -0.139. The molecule has 2 N–H and O–H groups in total. The van der Waals surface area contributed by atoms with Crippen molar-refractivity contribution in [3.63, 3.8) is 0 Å². The quantitative estimate of drug-likeness (QED) is 0.664. The molecule has 4 rings (SSSR count). The van der Waals surface area contributed by atoms with Gasteiger partial charge >= 0.3 is 5.97 Å². The molecule has 1 aliphatic carbocycles. The summed E-state index contributed by atoms with van der Waals surface area (Å²) in [5.41, 5.74) is 7.23. The van der Waals surface area contributed by atoms with Crippen LogP contribution in [0.1, 0.15) is 45.3 Å². The fraction of sp³-hybridized carbons (Fsp3) is 0.333. The van der Waals surface area contributed by atoms with Crippen molar-refractivity contribution in [2.24, 2.45) is 11.1 Å². The molecule has 0 amide bonds. The largest absolute Gasteiger partial charge is 0.462 e. The van der Waals surface area contributed by atoms with Gasteiger partial charge in [0.15, 0.2) is 5.78 Å². The maximum Gasteiger partial charge on any atom is 0.340 e. The van der Waals surface area contributed by atoms with Crippen molar-refractivity contribution in [2.75, 3.05) is 6.61 Å². The number of furan rings is 1. The topological polar surface area (TPSA) is 91.8 Å². The number of Topliss-reactive ketones (excluding diaryl/α,β-unsaturated/α-hetero) is 1. The Morgan fingerprint density at radius 1 is 1.19 bits per heavy atom. The number of hydrogen-bond donors (Lipinski definition) is 1. The van der Waals surface area contributed by atoms with E-state index in [1.165, 1.54) is 0 Å². The molecule has 2 heterocycles. The molecule has 7 heteroatoms. The fourth-order valence-electron chi connectivity index (χ4n) is 4.15. The summed E-state index contributed by atoms with van der Waals surface area (Å²) in [6.07, 6.45) is 0.874. The van der Waals surface area contributed by atoms with Crippen molar-refractivity contribution in [3.8, 4) is 11.3 Å². The summed E-state index contributed by atoms with van der Waals surface area (Å²) >= 11 is 5.98. The van der Waals surface area contributed by atoms with Gasteiger partial charge in [-0.2, -0.15) is 0 Å². The summed E-state index contributed by atoms with van der Waals surface area (Å²) in [6, 6.07) is 10.8. The van der Waals surface area contributed by atoms with Gasteiger partial charge in [-0.25, -0.2) is 4.79 Å². The number of hydrogen-bond acceptors (Lipinski definition) is 6. The summed E-state index contributed by atoms with van der Waals surface area (Å²) < 4.78 is 17.1. The van der Waals surface area contributed by atoms with Crippen LogP contribution in [0.25, 0.3) is 11.3 Å². The van der Waals surface area contributed by atoms with Crippen LogP contribution in [0.3, 0.4) is 0 Å². The Kier molecular flexibility index (Phi) is 5.43. The fourth-order valence-corrected chi connectivity index (χ4v) is 4.28. The zero-order valence-electron chi connectivity index (χ0n) is 17.7. The maximum absolute atomic E-state index is 13.2. The van der Waals surface area contributed by atoms with Crippen molar-refractivity contribution in [1.82, 2.24) is 0 Å². The van der Waals surface area contributed by atoms with Gasteiger partial charge in [-0.1, -0.05) is 25.4 Å². The minimum Gasteiger partial charge on any atom is -0.462 e. The van der Waals surface area contributed by atoms with E-state index in [1.807, 2.05) is 26.0 Å². The molecular formula is C24H24ClNO5. The van der Waals surface area contributed by atoms with Crippen LogP contribution < -0.4 is 5.73 Å². The number of rotatable bonds is 4. The molecular weight excluding hydrogens is 418 g/mol. The standard InChI is InChI=1S/C24H24ClNO5/c1-4-29-23(28)21-20(17-10-9-16(30-17)13-5-7-14(25)8-6-13)19-15(27)11-24(2,3)12-18(19)31-22(21)26/h5-10,20H,4,11-12,26H2,1-3H3. The molecule has 2 aliphatic rings. The highest BCUT2D eigenvalue weighted by atomic mass is 35.5.